The summed E-state index contributed by atoms with van der Waals surface area (Å²) in [5, 5.41) is 20.0. The lowest BCUT2D eigenvalue weighted by molar-refractivity contribution is -0.146. The molecule has 0 aliphatic heterocycles. The van der Waals surface area contributed by atoms with Gasteiger partial charge in [-0.05, 0) is 48.9 Å². The van der Waals surface area contributed by atoms with E-state index in [0.29, 0.717) is 0 Å². The average molecular weight is 264 g/mol. The fourth-order valence-electron chi connectivity index (χ4n) is 1.62. The van der Waals surface area contributed by atoms with Crippen LogP contribution in [-0.4, -0.2) is 31.3 Å². The summed E-state index contributed by atoms with van der Waals surface area (Å²) in [6, 6.07) is 4.60. The van der Waals surface area contributed by atoms with Crippen molar-refractivity contribution in [3.05, 3.63) is 29.6 Å². The van der Waals surface area contributed by atoms with Gasteiger partial charge in [0.05, 0.1) is 5.56 Å². The van der Waals surface area contributed by atoms with E-state index in [0.717, 1.165) is 10.2 Å². The summed E-state index contributed by atoms with van der Waals surface area (Å²) in [7, 11) is 0. The summed E-state index contributed by atoms with van der Waals surface area (Å²) < 4.78 is 15.0. The Kier molecular flexibility index (Phi) is 3.05. The predicted octanol–water partition coefficient (Wildman–Crippen LogP) is 1.61. The molecule has 19 heavy (non-hydrogen) atoms. The quantitative estimate of drug-likeness (QED) is 0.910. The molecule has 100 valence electrons. The minimum Gasteiger partial charge on any atom is -0.479 e. The number of hydrogen-bond acceptors (Lipinski definition) is 4. The molecule has 2 aromatic rings. The molecule has 0 saturated carbocycles. The van der Waals surface area contributed by atoms with Crippen LogP contribution in [0.5, 0.6) is 0 Å². The molecule has 0 aliphatic rings. The number of hydrogen-bond donors (Lipinski definition) is 1. The number of carbonyl (C=O) groups is 1. The lowest BCUT2D eigenvalue weighted by Gasteiger charge is -2.20. The molecule has 0 saturated heterocycles. The third-order valence-corrected chi connectivity index (χ3v) is 2.89. The number of tetrazole rings is 1. The number of aromatic nitrogens is 4. The number of carboxylic acids is 1. The number of benzene rings is 1. The Labute approximate surface area is 108 Å². The molecule has 0 spiro atoms. The Hall–Kier alpha value is -2.31. The largest absolute Gasteiger partial charge is 0.479 e. The summed E-state index contributed by atoms with van der Waals surface area (Å²) in [5.41, 5.74) is -0.432. The van der Waals surface area contributed by atoms with Crippen molar-refractivity contribution < 1.29 is 14.3 Å². The van der Waals surface area contributed by atoms with E-state index in [9.17, 15) is 14.3 Å². The van der Waals surface area contributed by atoms with Crippen LogP contribution >= 0.6 is 0 Å². The second-order valence-corrected chi connectivity index (χ2v) is 4.76. The van der Waals surface area contributed by atoms with Gasteiger partial charge >= 0.3 is 5.97 Å². The molecule has 7 heteroatoms. The summed E-state index contributed by atoms with van der Waals surface area (Å²) >= 11 is 0. The molecule has 0 radical (unpaired) electrons. The molecular weight excluding hydrogens is 251 g/mol. The number of aryl methyl sites for hydroxylation is 1. The van der Waals surface area contributed by atoms with Gasteiger partial charge in [-0.15, -0.1) is 5.10 Å². The molecule has 0 bridgehead atoms. The van der Waals surface area contributed by atoms with E-state index in [-0.39, 0.29) is 11.4 Å². The number of halogens is 1. The van der Waals surface area contributed by atoms with Crippen molar-refractivity contribution in [3.8, 4) is 11.4 Å². The lowest BCUT2D eigenvalue weighted by Crippen LogP contribution is -2.37. The molecule has 0 amide bonds. The van der Waals surface area contributed by atoms with Gasteiger partial charge < -0.3 is 5.11 Å². The molecule has 6 nitrogen and oxygen atoms in total. The van der Waals surface area contributed by atoms with Crippen LogP contribution in [0.1, 0.15) is 19.4 Å². The zero-order chi connectivity index (χ0) is 14.2. The van der Waals surface area contributed by atoms with Crippen LogP contribution in [0.25, 0.3) is 11.4 Å². The molecule has 1 aromatic carbocycles. The van der Waals surface area contributed by atoms with Gasteiger partial charge in [0.2, 0.25) is 0 Å². The smallest absolute Gasteiger partial charge is 0.331 e. The fourth-order valence-corrected chi connectivity index (χ4v) is 1.62. The highest BCUT2D eigenvalue weighted by molar-refractivity contribution is 5.76. The third-order valence-electron chi connectivity index (χ3n) is 2.89. The molecule has 0 fully saturated rings. The SMILES string of the molecule is Cc1ccc(-c2nnnn2C(C)(C)C(=O)O)c(F)c1. The topological polar surface area (TPSA) is 80.9 Å². The monoisotopic (exact) mass is 264 g/mol. The van der Waals surface area contributed by atoms with Gasteiger partial charge in [-0.3, -0.25) is 0 Å². The van der Waals surface area contributed by atoms with Crippen LogP contribution in [-0.2, 0) is 10.3 Å². The van der Waals surface area contributed by atoms with E-state index in [4.69, 9.17) is 0 Å². The number of rotatable bonds is 3. The predicted molar refractivity (Wildman–Crippen MR) is 64.9 cm³/mol. The van der Waals surface area contributed by atoms with Gasteiger partial charge in [-0.2, -0.15) is 0 Å². The lowest BCUT2D eigenvalue weighted by atomic mass is 10.1. The minimum absolute atomic E-state index is 0.0879. The van der Waals surface area contributed by atoms with Crippen molar-refractivity contribution in [2.24, 2.45) is 0 Å². The Morgan fingerprint density at radius 1 is 1.42 bits per heavy atom. The Morgan fingerprint density at radius 2 is 2.11 bits per heavy atom. The fraction of sp³-hybridized carbons (Fsp3) is 0.333. The van der Waals surface area contributed by atoms with Gasteiger partial charge in [-0.1, -0.05) is 6.07 Å². The molecule has 1 heterocycles. The normalized spacial score (nSPS) is 11.6. The van der Waals surface area contributed by atoms with Gasteiger partial charge in [0.25, 0.3) is 0 Å². The first-order valence-electron chi connectivity index (χ1n) is 5.63. The van der Waals surface area contributed by atoms with E-state index < -0.39 is 17.3 Å². The summed E-state index contributed by atoms with van der Waals surface area (Å²) in [6.45, 7) is 4.65. The zero-order valence-corrected chi connectivity index (χ0v) is 10.8. The van der Waals surface area contributed by atoms with Crippen LogP contribution in [0.3, 0.4) is 0 Å². The Bertz CT molecular complexity index is 636. The minimum atomic E-state index is -1.36. The second-order valence-electron chi connectivity index (χ2n) is 4.76. The molecule has 2 rings (SSSR count). The van der Waals surface area contributed by atoms with Crippen molar-refractivity contribution in [2.75, 3.05) is 0 Å². The maximum Gasteiger partial charge on any atom is 0.331 e. The number of nitrogens with zero attached hydrogens (tertiary/aromatic N) is 4. The van der Waals surface area contributed by atoms with E-state index >= 15 is 0 Å². The van der Waals surface area contributed by atoms with E-state index in [1.807, 2.05) is 0 Å². The second kappa shape index (κ2) is 4.42. The van der Waals surface area contributed by atoms with Crippen LogP contribution < -0.4 is 0 Å². The highest BCUT2D eigenvalue weighted by Gasteiger charge is 2.34. The zero-order valence-electron chi connectivity index (χ0n) is 10.8. The highest BCUT2D eigenvalue weighted by Crippen LogP contribution is 2.25. The standard InChI is InChI=1S/C12H13FN4O2/c1-7-4-5-8(9(13)6-7)10-14-15-16-17(10)12(2,3)11(18)19/h4-6H,1-3H3,(H,18,19). The molecular formula is C12H13FN4O2. The average Bonchev–Trinajstić information content (AvgIpc) is 2.78. The first kappa shape index (κ1) is 13.1. The molecule has 0 unspecified atom stereocenters. The van der Waals surface area contributed by atoms with Crippen molar-refractivity contribution in [3.63, 3.8) is 0 Å². The Balaban J connectivity index is 2.60. The highest BCUT2D eigenvalue weighted by atomic mass is 19.1. The maximum atomic E-state index is 13.9. The number of carboxylic acid groups (broad SMARTS) is 1. The van der Waals surface area contributed by atoms with E-state index in [2.05, 4.69) is 15.5 Å². The molecule has 0 atom stereocenters. The third kappa shape index (κ3) is 2.18. The first-order chi connectivity index (χ1) is 8.84. The molecule has 1 aromatic heterocycles. The Morgan fingerprint density at radius 3 is 2.68 bits per heavy atom. The van der Waals surface area contributed by atoms with Gasteiger partial charge in [0, 0.05) is 0 Å². The van der Waals surface area contributed by atoms with Crippen molar-refractivity contribution in [1.82, 2.24) is 20.2 Å². The van der Waals surface area contributed by atoms with E-state index in [1.54, 1.807) is 13.0 Å². The van der Waals surface area contributed by atoms with Crippen LogP contribution in [0.4, 0.5) is 4.39 Å². The van der Waals surface area contributed by atoms with Crippen LogP contribution in [0, 0.1) is 12.7 Å². The molecule has 0 aliphatic carbocycles. The first-order valence-corrected chi connectivity index (χ1v) is 5.63. The van der Waals surface area contributed by atoms with Gasteiger partial charge in [0.15, 0.2) is 11.4 Å². The van der Waals surface area contributed by atoms with Crippen LogP contribution in [0.15, 0.2) is 18.2 Å². The summed E-state index contributed by atoms with van der Waals surface area (Å²) in [5.74, 6) is -1.50. The van der Waals surface area contributed by atoms with Crippen molar-refractivity contribution >= 4 is 5.97 Å². The van der Waals surface area contributed by atoms with Gasteiger partial charge in [0.1, 0.15) is 5.82 Å². The summed E-state index contributed by atoms with van der Waals surface area (Å²) in [6.07, 6.45) is 0. The number of aliphatic carboxylic acids is 1. The van der Waals surface area contributed by atoms with E-state index in [1.165, 1.54) is 26.0 Å². The van der Waals surface area contributed by atoms with Crippen molar-refractivity contribution in [2.45, 2.75) is 26.3 Å². The van der Waals surface area contributed by atoms with Crippen LogP contribution in [0.2, 0.25) is 0 Å². The summed E-state index contributed by atoms with van der Waals surface area (Å²) in [4.78, 5) is 11.2. The van der Waals surface area contributed by atoms with Crippen molar-refractivity contribution in [1.29, 1.82) is 0 Å². The maximum absolute atomic E-state index is 13.9. The molecule has 1 N–H and O–H groups in total. The van der Waals surface area contributed by atoms with Gasteiger partial charge in [-0.25, -0.2) is 13.9 Å².